The highest BCUT2D eigenvalue weighted by molar-refractivity contribution is 5.99. The number of anilines is 2. The molecule has 0 aliphatic heterocycles. The molecular weight excluding hydrogens is 256 g/mol. The fourth-order valence-corrected chi connectivity index (χ4v) is 2.00. The number of nitrogen functional groups attached to an aromatic ring is 1. The summed E-state index contributed by atoms with van der Waals surface area (Å²) in [5.74, 6) is -0.0471. The van der Waals surface area contributed by atoms with E-state index in [-0.39, 0.29) is 11.8 Å². The van der Waals surface area contributed by atoms with Crippen LogP contribution < -0.4 is 11.1 Å². The Hall–Kier alpha value is -2.04. The van der Waals surface area contributed by atoms with Crippen LogP contribution in [-0.2, 0) is 9.53 Å². The van der Waals surface area contributed by atoms with E-state index in [1.54, 1.807) is 18.2 Å². The molecule has 1 atom stereocenters. The molecule has 0 amide bonds. The molecular formula is C15H22N2O3. The molecule has 3 N–H and O–H groups in total. The first-order chi connectivity index (χ1) is 9.35. The molecule has 1 aromatic carbocycles. The number of Topliss-reactive ketones (excluding diaryl/α,β-unsaturated/α-hetero) is 1. The number of carbonyl (C=O) groups excluding carboxylic acids is 2. The zero-order valence-corrected chi connectivity index (χ0v) is 12.4. The van der Waals surface area contributed by atoms with Crippen molar-refractivity contribution in [1.82, 2.24) is 0 Å². The van der Waals surface area contributed by atoms with Gasteiger partial charge in [0.2, 0.25) is 0 Å². The van der Waals surface area contributed by atoms with Gasteiger partial charge in [0, 0.05) is 16.9 Å². The van der Waals surface area contributed by atoms with Gasteiger partial charge < -0.3 is 15.8 Å². The monoisotopic (exact) mass is 278 g/mol. The molecule has 20 heavy (non-hydrogen) atoms. The highest BCUT2D eigenvalue weighted by Crippen LogP contribution is 2.20. The number of nitrogens with two attached hydrogens (primary N) is 1. The molecule has 0 bridgehead atoms. The maximum Gasteiger partial charge on any atom is 0.328 e. The van der Waals surface area contributed by atoms with E-state index in [9.17, 15) is 9.59 Å². The lowest BCUT2D eigenvalue weighted by molar-refractivity contribution is -0.141. The number of hydrogen-bond donors (Lipinski definition) is 2. The number of ketones is 1. The van der Waals surface area contributed by atoms with Crippen LogP contribution in [0.5, 0.6) is 0 Å². The SMILES string of the molecule is COC(=O)C(CC(C)C)Nc1ccc(C(C)=O)c(N)c1. The Morgan fingerprint density at radius 1 is 1.35 bits per heavy atom. The Balaban J connectivity index is 2.91. The highest BCUT2D eigenvalue weighted by atomic mass is 16.5. The molecule has 5 nitrogen and oxygen atoms in total. The average molecular weight is 278 g/mol. The predicted molar refractivity (Wildman–Crippen MR) is 79.7 cm³/mol. The minimum Gasteiger partial charge on any atom is -0.467 e. The normalized spacial score (nSPS) is 12.1. The minimum atomic E-state index is -0.428. The summed E-state index contributed by atoms with van der Waals surface area (Å²) in [5.41, 5.74) is 7.41. The second-order valence-electron chi connectivity index (χ2n) is 5.21. The van der Waals surface area contributed by atoms with Crippen LogP contribution in [0.2, 0.25) is 0 Å². The van der Waals surface area contributed by atoms with Crippen LogP contribution in [0.3, 0.4) is 0 Å². The van der Waals surface area contributed by atoms with Crippen LogP contribution in [0.15, 0.2) is 18.2 Å². The van der Waals surface area contributed by atoms with Crippen LogP contribution in [0, 0.1) is 5.92 Å². The number of methoxy groups -OCH3 is 1. The van der Waals surface area contributed by atoms with Gasteiger partial charge in [-0.15, -0.1) is 0 Å². The number of esters is 1. The van der Waals surface area contributed by atoms with E-state index in [1.165, 1.54) is 14.0 Å². The fraction of sp³-hybridized carbons (Fsp3) is 0.467. The lowest BCUT2D eigenvalue weighted by Crippen LogP contribution is -2.32. The summed E-state index contributed by atoms with van der Waals surface area (Å²) in [4.78, 5) is 23.1. The second-order valence-corrected chi connectivity index (χ2v) is 5.21. The number of ether oxygens (including phenoxy) is 1. The number of rotatable bonds is 6. The maximum atomic E-state index is 11.7. The molecule has 0 saturated carbocycles. The third-order valence-electron chi connectivity index (χ3n) is 2.96. The van der Waals surface area contributed by atoms with Crippen molar-refractivity contribution in [2.75, 3.05) is 18.2 Å². The molecule has 0 aliphatic carbocycles. The van der Waals surface area contributed by atoms with Crippen molar-refractivity contribution in [3.63, 3.8) is 0 Å². The Labute approximate surface area is 119 Å². The summed E-state index contributed by atoms with van der Waals surface area (Å²) in [6, 6.07) is 4.63. The van der Waals surface area contributed by atoms with Crippen molar-refractivity contribution in [3.8, 4) is 0 Å². The van der Waals surface area contributed by atoms with Gasteiger partial charge in [0.05, 0.1) is 7.11 Å². The second kappa shape index (κ2) is 6.93. The fourth-order valence-electron chi connectivity index (χ4n) is 2.00. The molecule has 0 spiro atoms. The number of benzene rings is 1. The maximum absolute atomic E-state index is 11.7. The summed E-state index contributed by atoms with van der Waals surface area (Å²) in [7, 11) is 1.37. The van der Waals surface area contributed by atoms with E-state index in [1.807, 2.05) is 13.8 Å². The first-order valence-corrected chi connectivity index (χ1v) is 6.60. The van der Waals surface area contributed by atoms with E-state index in [4.69, 9.17) is 10.5 Å². The minimum absolute atomic E-state index is 0.0826. The molecule has 1 aromatic rings. The van der Waals surface area contributed by atoms with Crippen molar-refractivity contribution in [3.05, 3.63) is 23.8 Å². The zero-order valence-electron chi connectivity index (χ0n) is 12.4. The lowest BCUT2D eigenvalue weighted by Gasteiger charge is -2.20. The molecule has 0 fully saturated rings. The topological polar surface area (TPSA) is 81.4 Å². The van der Waals surface area contributed by atoms with Gasteiger partial charge >= 0.3 is 5.97 Å². The number of hydrogen-bond acceptors (Lipinski definition) is 5. The average Bonchev–Trinajstić information content (AvgIpc) is 2.36. The van der Waals surface area contributed by atoms with E-state index < -0.39 is 6.04 Å². The van der Waals surface area contributed by atoms with Gasteiger partial charge in [-0.25, -0.2) is 4.79 Å². The quantitative estimate of drug-likeness (QED) is 0.474. The van der Waals surface area contributed by atoms with Crippen LogP contribution in [0.1, 0.15) is 37.6 Å². The standard InChI is InChI=1S/C15H22N2O3/c1-9(2)7-14(15(19)20-4)17-11-5-6-12(10(3)18)13(16)8-11/h5-6,8-9,14,17H,7,16H2,1-4H3. The van der Waals surface area contributed by atoms with Crippen LogP contribution in [0.4, 0.5) is 11.4 Å². The molecule has 0 radical (unpaired) electrons. The molecule has 0 heterocycles. The van der Waals surface area contributed by atoms with Crippen molar-refractivity contribution in [2.45, 2.75) is 33.2 Å². The molecule has 110 valence electrons. The van der Waals surface area contributed by atoms with Gasteiger partial charge in [0.1, 0.15) is 6.04 Å². The van der Waals surface area contributed by atoms with Gasteiger partial charge in [0.15, 0.2) is 5.78 Å². The molecule has 1 rings (SSSR count). The molecule has 5 heteroatoms. The van der Waals surface area contributed by atoms with Gasteiger partial charge in [-0.3, -0.25) is 4.79 Å². The van der Waals surface area contributed by atoms with Crippen molar-refractivity contribution in [1.29, 1.82) is 0 Å². The summed E-state index contributed by atoms with van der Waals surface area (Å²) < 4.78 is 4.79. The van der Waals surface area contributed by atoms with Crippen LogP contribution in [-0.4, -0.2) is 24.9 Å². The molecule has 0 saturated heterocycles. The molecule has 0 aliphatic rings. The summed E-state index contributed by atoms with van der Waals surface area (Å²) in [6.07, 6.45) is 0.654. The Morgan fingerprint density at radius 2 is 2.00 bits per heavy atom. The predicted octanol–water partition coefficient (Wildman–Crippen LogP) is 2.47. The van der Waals surface area contributed by atoms with Gasteiger partial charge in [-0.1, -0.05) is 13.8 Å². The van der Waals surface area contributed by atoms with Gasteiger partial charge in [0.25, 0.3) is 0 Å². The molecule has 0 aromatic heterocycles. The van der Waals surface area contributed by atoms with E-state index in [0.717, 1.165) is 0 Å². The van der Waals surface area contributed by atoms with Crippen molar-refractivity contribution < 1.29 is 14.3 Å². The Kier molecular flexibility index (Phi) is 5.55. The largest absolute Gasteiger partial charge is 0.467 e. The Morgan fingerprint density at radius 3 is 2.45 bits per heavy atom. The first-order valence-electron chi connectivity index (χ1n) is 6.60. The highest BCUT2D eigenvalue weighted by Gasteiger charge is 2.20. The first kappa shape index (κ1) is 16.0. The van der Waals surface area contributed by atoms with E-state index in [0.29, 0.717) is 29.3 Å². The van der Waals surface area contributed by atoms with Gasteiger partial charge in [-0.05, 0) is 37.5 Å². The van der Waals surface area contributed by atoms with Crippen molar-refractivity contribution in [2.24, 2.45) is 5.92 Å². The third kappa shape index (κ3) is 4.26. The zero-order chi connectivity index (χ0) is 15.3. The summed E-state index contributed by atoms with van der Waals surface area (Å²) in [6.45, 7) is 5.53. The van der Waals surface area contributed by atoms with Crippen molar-refractivity contribution >= 4 is 23.1 Å². The molecule has 1 unspecified atom stereocenters. The lowest BCUT2D eigenvalue weighted by atomic mass is 10.0. The van der Waals surface area contributed by atoms with Crippen LogP contribution >= 0.6 is 0 Å². The van der Waals surface area contributed by atoms with E-state index in [2.05, 4.69) is 5.32 Å². The van der Waals surface area contributed by atoms with E-state index >= 15 is 0 Å². The third-order valence-corrected chi connectivity index (χ3v) is 2.96. The summed E-state index contributed by atoms with van der Waals surface area (Å²) in [5, 5.41) is 3.10. The smallest absolute Gasteiger partial charge is 0.328 e. The summed E-state index contributed by atoms with van der Waals surface area (Å²) >= 11 is 0. The number of nitrogens with one attached hydrogen (secondary N) is 1. The Bertz CT molecular complexity index is 498. The van der Waals surface area contributed by atoms with Gasteiger partial charge in [-0.2, -0.15) is 0 Å². The van der Waals surface area contributed by atoms with Crippen LogP contribution in [0.25, 0.3) is 0 Å². The number of carbonyl (C=O) groups is 2.